The Hall–Kier alpha value is -1.96. The number of benzene rings is 2. The molecule has 2 nitrogen and oxygen atoms in total. The van der Waals surface area contributed by atoms with Crippen LogP contribution in [0.4, 0.5) is 0 Å². The van der Waals surface area contributed by atoms with Crippen LogP contribution in [-0.2, 0) is 16.0 Å². The SMILES string of the molecule is CC.CC(=O)C[C@@H](Cc1cccc2ccccc12)C(=O)C(C)C. The van der Waals surface area contributed by atoms with E-state index in [2.05, 4.69) is 24.3 Å². The molecule has 0 bridgehead atoms. The van der Waals surface area contributed by atoms with Crippen molar-refractivity contribution in [3.63, 3.8) is 0 Å². The van der Waals surface area contributed by atoms with Gasteiger partial charge in [-0.05, 0) is 29.7 Å². The van der Waals surface area contributed by atoms with Gasteiger partial charge >= 0.3 is 0 Å². The second kappa shape index (κ2) is 9.24. The lowest BCUT2D eigenvalue weighted by atomic mass is 9.85. The Balaban J connectivity index is 0.00000127. The molecule has 0 aliphatic heterocycles. The maximum Gasteiger partial charge on any atom is 0.139 e. The molecule has 2 heteroatoms. The van der Waals surface area contributed by atoms with Crippen molar-refractivity contribution < 1.29 is 9.59 Å². The summed E-state index contributed by atoms with van der Waals surface area (Å²) in [5.41, 5.74) is 1.15. The van der Waals surface area contributed by atoms with Crippen LogP contribution in [0.1, 0.15) is 46.6 Å². The fourth-order valence-corrected chi connectivity index (χ4v) is 2.83. The fourth-order valence-electron chi connectivity index (χ4n) is 2.83. The molecular weight excluding hydrogens is 284 g/mol. The second-order valence-corrected chi connectivity index (χ2v) is 6.00. The summed E-state index contributed by atoms with van der Waals surface area (Å²) in [4.78, 5) is 23.8. The summed E-state index contributed by atoms with van der Waals surface area (Å²) in [5.74, 6) is 0.00463. The van der Waals surface area contributed by atoms with E-state index < -0.39 is 0 Å². The van der Waals surface area contributed by atoms with Crippen LogP contribution in [-0.4, -0.2) is 11.6 Å². The highest BCUT2D eigenvalue weighted by Crippen LogP contribution is 2.24. The van der Waals surface area contributed by atoms with E-state index in [1.807, 2.05) is 45.9 Å². The molecule has 0 spiro atoms. The van der Waals surface area contributed by atoms with E-state index in [1.165, 1.54) is 10.8 Å². The van der Waals surface area contributed by atoms with Crippen molar-refractivity contribution in [2.75, 3.05) is 0 Å². The van der Waals surface area contributed by atoms with Gasteiger partial charge in [-0.25, -0.2) is 0 Å². The summed E-state index contributed by atoms with van der Waals surface area (Å²) in [7, 11) is 0. The summed E-state index contributed by atoms with van der Waals surface area (Å²) in [6.07, 6.45) is 0.970. The van der Waals surface area contributed by atoms with Gasteiger partial charge in [0, 0.05) is 18.3 Å². The highest BCUT2D eigenvalue weighted by molar-refractivity contribution is 5.90. The van der Waals surface area contributed by atoms with E-state index in [-0.39, 0.29) is 23.4 Å². The van der Waals surface area contributed by atoms with Gasteiger partial charge in [0.25, 0.3) is 0 Å². The highest BCUT2D eigenvalue weighted by Gasteiger charge is 2.23. The number of carbonyl (C=O) groups excluding carboxylic acids is 2. The van der Waals surface area contributed by atoms with Gasteiger partial charge < -0.3 is 4.79 Å². The minimum absolute atomic E-state index is 0.0377. The maximum absolute atomic E-state index is 12.4. The Morgan fingerprint density at radius 1 is 0.957 bits per heavy atom. The third-order valence-electron chi connectivity index (χ3n) is 3.85. The molecule has 0 saturated carbocycles. The molecule has 124 valence electrons. The Morgan fingerprint density at radius 3 is 2.17 bits per heavy atom. The molecule has 0 aliphatic rings. The van der Waals surface area contributed by atoms with E-state index in [9.17, 15) is 9.59 Å². The van der Waals surface area contributed by atoms with Crippen molar-refractivity contribution in [2.24, 2.45) is 11.8 Å². The molecule has 0 aromatic heterocycles. The first-order valence-electron chi connectivity index (χ1n) is 8.49. The zero-order valence-corrected chi connectivity index (χ0v) is 14.9. The Morgan fingerprint density at radius 2 is 1.57 bits per heavy atom. The minimum Gasteiger partial charge on any atom is -0.300 e. The first-order valence-corrected chi connectivity index (χ1v) is 8.49. The van der Waals surface area contributed by atoms with Crippen molar-refractivity contribution in [3.05, 3.63) is 48.0 Å². The van der Waals surface area contributed by atoms with E-state index in [0.29, 0.717) is 12.8 Å². The Kier molecular flexibility index (Phi) is 7.67. The van der Waals surface area contributed by atoms with Crippen molar-refractivity contribution >= 4 is 22.3 Å². The van der Waals surface area contributed by atoms with Crippen LogP contribution < -0.4 is 0 Å². The first kappa shape index (κ1) is 19.1. The summed E-state index contributed by atoms with van der Waals surface area (Å²) < 4.78 is 0. The topological polar surface area (TPSA) is 34.1 Å². The first-order chi connectivity index (χ1) is 11.0. The molecular formula is C21H28O2. The molecule has 0 N–H and O–H groups in total. The van der Waals surface area contributed by atoms with Gasteiger partial charge in [0.15, 0.2) is 0 Å². The summed E-state index contributed by atoms with van der Waals surface area (Å²) in [6, 6.07) is 14.3. The van der Waals surface area contributed by atoms with Gasteiger partial charge in [-0.2, -0.15) is 0 Å². The molecule has 0 amide bonds. The fraction of sp³-hybridized carbons (Fsp3) is 0.429. The van der Waals surface area contributed by atoms with E-state index in [0.717, 1.165) is 5.56 Å². The molecule has 0 unspecified atom stereocenters. The van der Waals surface area contributed by atoms with E-state index in [1.54, 1.807) is 6.92 Å². The predicted octanol–water partition coefficient (Wildman–Crippen LogP) is 5.23. The number of Topliss-reactive ketones (excluding diaryl/α,β-unsaturated/α-hetero) is 2. The van der Waals surface area contributed by atoms with Gasteiger partial charge in [-0.1, -0.05) is 70.2 Å². The van der Waals surface area contributed by atoms with Crippen molar-refractivity contribution in [1.29, 1.82) is 0 Å². The molecule has 2 rings (SSSR count). The number of hydrogen-bond acceptors (Lipinski definition) is 2. The Bertz CT molecular complexity index is 650. The lowest BCUT2D eigenvalue weighted by Gasteiger charge is -2.18. The predicted molar refractivity (Wildman–Crippen MR) is 97.6 cm³/mol. The van der Waals surface area contributed by atoms with Gasteiger partial charge in [-0.3, -0.25) is 4.79 Å². The lowest BCUT2D eigenvalue weighted by Crippen LogP contribution is -2.24. The highest BCUT2D eigenvalue weighted by atomic mass is 16.1. The van der Waals surface area contributed by atoms with Crippen molar-refractivity contribution in [2.45, 2.75) is 47.5 Å². The number of ketones is 2. The van der Waals surface area contributed by atoms with Gasteiger partial charge in [0.1, 0.15) is 11.6 Å². The zero-order valence-electron chi connectivity index (χ0n) is 14.9. The average molecular weight is 312 g/mol. The van der Waals surface area contributed by atoms with Crippen LogP contribution >= 0.6 is 0 Å². The molecule has 0 saturated heterocycles. The Labute approximate surface area is 139 Å². The molecule has 2 aromatic rings. The number of rotatable bonds is 6. The third-order valence-corrected chi connectivity index (χ3v) is 3.85. The average Bonchev–Trinajstić information content (AvgIpc) is 2.55. The van der Waals surface area contributed by atoms with Crippen molar-refractivity contribution in [3.8, 4) is 0 Å². The molecule has 0 aliphatic carbocycles. The number of carbonyl (C=O) groups is 2. The molecule has 0 radical (unpaired) electrons. The van der Waals surface area contributed by atoms with Gasteiger partial charge in [-0.15, -0.1) is 0 Å². The van der Waals surface area contributed by atoms with Crippen LogP contribution in [0.5, 0.6) is 0 Å². The van der Waals surface area contributed by atoms with Crippen LogP contribution in [0.3, 0.4) is 0 Å². The summed E-state index contributed by atoms with van der Waals surface area (Å²) in [5, 5.41) is 2.35. The van der Waals surface area contributed by atoms with E-state index >= 15 is 0 Å². The molecule has 23 heavy (non-hydrogen) atoms. The lowest BCUT2D eigenvalue weighted by molar-refractivity contribution is -0.129. The monoisotopic (exact) mass is 312 g/mol. The van der Waals surface area contributed by atoms with Gasteiger partial charge in [0.2, 0.25) is 0 Å². The molecule has 0 fully saturated rings. The quantitative estimate of drug-likeness (QED) is 0.732. The van der Waals surface area contributed by atoms with Crippen LogP contribution in [0.15, 0.2) is 42.5 Å². The van der Waals surface area contributed by atoms with Gasteiger partial charge in [0.05, 0.1) is 0 Å². The van der Waals surface area contributed by atoms with Crippen LogP contribution in [0.25, 0.3) is 10.8 Å². The number of hydrogen-bond donors (Lipinski definition) is 0. The molecule has 1 atom stereocenters. The third kappa shape index (κ3) is 5.31. The largest absolute Gasteiger partial charge is 0.300 e. The summed E-state index contributed by atoms with van der Waals surface area (Å²) in [6.45, 7) is 9.36. The summed E-state index contributed by atoms with van der Waals surface area (Å²) >= 11 is 0. The standard InChI is InChI=1S/C19H22O2.C2H6/c1-13(2)19(21)17(11-14(3)20)12-16-9-6-8-15-7-4-5-10-18(15)16;1-2/h4-10,13,17H,11-12H2,1-3H3;1-2H3/t17-;/m0./s1. The van der Waals surface area contributed by atoms with Crippen LogP contribution in [0.2, 0.25) is 0 Å². The van der Waals surface area contributed by atoms with Crippen molar-refractivity contribution in [1.82, 2.24) is 0 Å². The smallest absolute Gasteiger partial charge is 0.139 e. The van der Waals surface area contributed by atoms with E-state index in [4.69, 9.17) is 0 Å². The molecule has 0 heterocycles. The van der Waals surface area contributed by atoms with Crippen LogP contribution in [0, 0.1) is 11.8 Å². The second-order valence-electron chi connectivity index (χ2n) is 6.00. The normalized spacial score (nSPS) is 11.7. The molecule has 2 aromatic carbocycles. The minimum atomic E-state index is -0.215. The zero-order chi connectivity index (χ0) is 17.4. The number of fused-ring (bicyclic) bond motifs is 1. The maximum atomic E-state index is 12.4.